The first-order valence-electron chi connectivity index (χ1n) is 10.5. The molecule has 3 aromatic rings. The molecule has 0 aliphatic heterocycles. The fourth-order valence-electron chi connectivity index (χ4n) is 3.43. The van der Waals surface area contributed by atoms with E-state index in [9.17, 15) is 14.0 Å². The van der Waals surface area contributed by atoms with Gasteiger partial charge in [-0.3, -0.25) is 9.48 Å². The van der Waals surface area contributed by atoms with Gasteiger partial charge in [-0.1, -0.05) is 29.8 Å². The third-order valence-corrected chi connectivity index (χ3v) is 5.56. The maximum absolute atomic E-state index is 13.1. The lowest BCUT2D eigenvalue weighted by molar-refractivity contribution is -0.142. The fraction of sp³-hybridized carbons (Fsp3) is 0.240. The number of esters is 1. The van der Waals surface area contributed by atoms with Gasteiger partial charge in [0.05, 0.1) is 12.2 Å². The molecule has 0 bridgehead atoms. The summed E-state index contributed by atoms with van der Waals surface area (Å²) in [6.45, 7) is 6.00. The van der Waals surface area contributed by atoms with E-state index in [2.05, 4.69) is 5.10 Å². The van der Waals surface area contributed by atoms with E-state index >= 15 is 0 Å². The van der Waals surface area contributed by atoms with Crippen molar-refractivity contribution in [1.82, 2.24) is 9.78 Å². The Bertz CT molecular complexity index is 1170. The number of aromatic nitrogens is 2. The molecule has 0 saturated carbocycles. The number of halogens is 2. The van der Waals surface area contributed by atoms with E-state index in [0.29, 0.717) is 23.8 Å². The maximum atomic E-state index is 13.1. The Labute approximate surface area is 197 Å². The van der Waals surface area contributed by atoms with E-state index in [4.69, 9.17) is 16.3 Å². The van der Waals surface area contributed by atoms with Crippen molar-refractivity contribution in [2.24, 2.45) is 0 Å². The van der Waals surface area contributed by atoms with E-state index in [1.165, 1.54) is 35.2 Å². The molecule has 8 heteroatoms. The van der Waals surface area contributed by atoms with Gasteiger partial charge in [0, 0.05) is 34.6 Å². The molecule has 0 spiro atoms. The Balaban J connectivity index is 1.62. The van der Waals surface area contributed by atoms with Crippen molar-refractivity contribution in [2.75, 3.05) is 18.1 Å². The Morgan fingerprint density at radius 2 is 1.85 bits per heavy atom. The minimum Gasteiger partial charge on any atom is -0.452 e. The summed E-state index contributed by atoms with van der Waals surface area (Å²) in [5.41, 5.74) is 3.91. The zero-order valence-electron chi connectivity index (χ0n) is 18.7. The first kappa shape index (κ1) is 24.2. The number of likely N-dealkylation sites (N-methyl/N-ethyl adjacent to an activating group) is 1. The lowest BCUT2D eigenvalue weighted by Gasteiger charge is -2.20. The van der Waals surface area contributed by atoms with Gasteiger partial charge in [-0.15, -0.1) is 0 Å². The zero-order valence-corrected chi connectivity index (χ0v) is 19.5. The molecule has 0 saturated heterocycles. The van der Waals surface area contributed by atoms with Gasteiger partial charge in [0.25, 0.3) is 5.91 Å². The number of carbonyl (C=O) groups excluding carboxylic acids is 2. The summed E-state index contributed by atoms with van der Waals surface area (Å²) in [7, 11) is 0. The summed E-state index contributed by atoms with van der Waals surface area (Å²) in [6.07, 6.45) is 2.91. The molecule has 0 radical (unpaired) electrons. The number of nitrogens with zero attached hydrogens (tertiary/aromatic N) is 3. The number of hydrogen-bond donors (Lipinski definition) is 0. The van der Waals surface area contributed by atoms with Crippen LogP contribution in [0.2, 0.25) is 5.02 Å². The smallest absolute Gasteiger partial charge is 0.331 e. The van der Waals surface area contributed by atoms with Crippen molar-refractivity contribution in [3.8, 4) is 0 Å². The van der Waals surface area contributed by atoms with Crippen LogP contribution in [0.15, 0.2) is 54.6 Å². The number of carbonyl (C=O) groups is 2. The molecule has 1 aromatic heterocycles. The van der Waals surface area contributed by atoms with Crippen molar-refractivity contribution in [1.29, 1.82) is 0 Å². The Morgan fingerprint density at radius 3 is 2.52 bits per heavy atom. The second kappa shape index (κ2) is 10.9. The molecule has 0 atom stereocenters. The number of aryl methyl sites for hydroxylation is 1. The Hall–Kier alpha value is -3.45. The maximum Gasteiger partial charge on any atom is 0.331 e. The molecule has 6 nitrogen and oxygen atoms in total. The number of rotatable bonds is 8. The van der Waals surface area contributed by atoms with Gasteiger partial charge in [-0.05, 0) is 62.7 Å². The van der Waals surface area contributed by atoms with Gasteiger partial charge in [0.1, 0.15) is 5.82 Å². The average molecular weight is 470 g/mol. The lowest BCUT2D eigenvalue weighted by Crippen LogP contribution is -2.34. The summed E-state index contributed by atoms with van der Waals surface area (Å²) < 4.78 is 20.1. The largest absolute Gasteiger partial charge is 0.452 e. The van der Waals surface area contributed by atoms with E-state index in [0.717, 1.165) is 22.5 Å². The van der Waals surface area contributed by atoms with E-state index < -0.39 is 18.5 Å². The standard InChI is InChI=1S/C25H25ClFN3O3/c1-4-29(21-11-9-20(27)10-12-21)24(31)16-33-25(32)14-13-22-17(2)28-30(18(22)3)15-19-7-5-6-8-23(19)26/h5-14H,4,15-16H2,1-3H3/b14-13+. The first-order valence-corrected chi connectivity index (χ1v) is 10.9. The van der Waals surface area contributed by atoms with Gasteiger partial charge < -0.3 is 9.64 Å². The average Bonchev–Trinajstić information content (AvgIpc) is 3.06. The van der Waals surface area contributed by atoms with Crippen LogP contribution in [0.1, 0.15) is 29.4 Å². The van der Waals surface area contributed by atoms with Crippen LogP contribution in [-0.4, -0.2) is 34.8 Å². The number of ether oxygens (including phenoxy) is 1. The fourth-order valence-corrected chi connectivity index (χ4v) is 3.62. The molecular weight excluding hydrogens is 445 g/mol. The number of amides is 1. The molecule has 1 amide bonds. The van der Waals surface area contributed by atoms with Crippen molar-refractivity contribution < 1.29 is 18.7 Å². The van der Waals surface area contributed by atoms with Crippen LogP contribution in [0, 0.1) is 19.7 Å². The van der Waals surface area contributed by atoms with Gasteiger partial charge in [0.15, 0.2) is 6.61 Å². The van der Waals surface area contributed by atoms with E-state index in [1.807, 2.05) is 42.8 Å². The highest BCUT2D eigenvalue weighted by atomic mass is 35.5. The minimum atomic E-state index is -0.642. The minimum absolute atomic E-state index is 0.362. The summed E-state index contributed by atoms with van der Waals surface area (Å²) in [5.74, 6) is -1.43. The van der Waals surface area contributed by atoms with Gasteiger partial charge in [-0.25, -0.2) is 9.18 Å². The molecule has 0 N–H and O–H groups in total. The normalized spacial score (nSPS) is 11.1. The summed E-state index contributed by atoms with van der Waals surface area (Å²) in [5, 5.41) is 5.20. The highest BCUT2D eigenvalue weighted by Gasteiger charge is 2.16. The molecule has 0 fully saturated rings. The van der Waals surface area contributed by atoms with Gasteiger partial charge in [0.2, 0.25) is 0 Å². The van der Waals surface area contributed by atoms with Gasteiger partial charge in [-0.2, -0.15) is 5.10 Å². The molecule has 0 aliphatic rings. The summed E-state index contributed by atoms with van der Waals surface area (Å²) in [4.78, 5) is 26.1. The molecule has 172 valence electrons. The monoisotopic (exact) mass is 469 g/mol. The molecule has 2 aromatic carbocycles. The Kier molecular flexibility index (Phi) is 8.01. The van der Waals surface area contributed by atoms with Crippen molar-refractivity contribution in [3.05, 3.63) is 88.0 Å². The molecule has 0 aliphatic carbocycles. The SMILES string of the molecule is CCN(C(=O)COC(=O)/C=C/c1c(C)nn(Cc2ccccc2Cl)c1C)c1ccc(F)cc1. The third kappa shape index (κ3) is 6.08. The Morgan fingerprint density at radius 1 is 1.15 bits per heavy atom. The van der Waals surface area contributed by atoms with Crippen LogP contribution in [0.5, 0.6) is 0 Å². The topological polar surface area (TPSA) is 64.4 Å². The predicted octanol–water partition coefficient (Wildman–Crippen LogP) is 4.95. The molecule has 33 heavy (non-hydrogen) atoms. The second-order valence-corrected chi connectivity index (χ2v) is 7.80. The molecule has 0 unspecified atom stereocenters. The van der Waals surface area contributed by atoms with Crippen molar-refractivity contribution in [3.63, 3.8) is 0 Å². The van der Waals surface area contributed by atoms with Gasteiger partial charge >= 0.3 is 5.97 Å². The molecular formula is C25H25ClFN3O3. The number of hydrogen-bond acceptors (Lipinski definition) is 4. The second-order valence-electron chi connectivity index (χ2n) is 7.39. The molecule has 1 heterocycles. The first-order chi connectivity index (χ1) is 15.8. The third-order valence-electron chi connectivity index (χ3n) is 5.19. The lowest BCUT2D eigenvalue weighted by atomic mass is 10.1. The predicted molar refractivity (Wildman–Crippen MR) is 127 cm³/mol. The van der Waals surface area contributed by atoms with Crippen LogP contribution in [0.25, 0.3) is 6.08 Å². The number of benzene rings is 2. The summed E-state index contributed by atoms with van der Waals surface area (Å²) >= 11 is 6.25. The van der Waals surface area contributed by atoms with Crippen LogP contribution < -0.4 is 4.90 Å². The quantitative estimate of drug-likeness (QED) is 0.346. The van der Waals surface area contributed by atoms with E-state index in [-0.39, 0.29) is 5.82 Å². The van der Waals surface area contributed by atoms with Crippen molar-refractivity contribution in [2.45, 2.75) is 27.3 Å². The van der Waals surface area contributed by atoms with Crippen LogP contribution in [0.4, 0.5) is 10.1 Å². The zero-order chi connectivity index (χ0) is 24.0. The van der Waals surface area contributed by atoms with Crippen molar-refractivity contribution >= 4 is 35.2 Å². The van der Waals surface area contributed by atoms with E-state index in [1.54, 1.807) is 13.0 Å². The highest BCUT2D eigenvalue weighted by Crippen LogP contribution is 2.20. The number of anilines is 1. The highest BCUT2D eigenvalue weighted by molar-refractivity contribution is 6.31. The van der Waals surface area contributed by atoms with Crippen LogP contribution in [0.3, 0.4) is 0 Å². The van der Waals surface area contributed by atoms with Crippen LogP contribution >= 0.6 is 11.6 Å². The summed E-state index contributed by atoms with van der Waals surface area (Å²) in [6, 6.07) is 13.1. The molecule has 3 rings (SSSR count). The van der Waals surface area contributed by atoms with Crippen LogP contribution in [-0.2, 0) is 20.9 Å².